The van der Waals surface area contributed by atoms with Crippen LogP contribution in [0, 0.1) is 5.82 Å². The van der Waals surface area contributed by atoms with E-state index in [0.717, 1.165) is 17.7 Å². The van der Waals surface area contributed by atoms with Gasteiger partial charge in [0.15, 0.2) is 12.3 Å². The first-order valence-corrected chi connectivity index (χ1v) is 10.1. The monoisotopic (exact) mass is 412 g/mol. The second-order valence-electron chi connectivity index (χ2n) is 6.57. The molecule has 1 amide bonds. The minimum Gasteiger partial charge on any atom is -0.451 e. The summed E-state index contributed by atoms with van der Waals surface area (Å²) in [6.45, 7) is 3.77. The fourth-order valence-corrected chi connectivity index (χ4v) is 3.54. The lowest BCUT2D eigenvalue weighted by Crippen LogP contribution is -2.22. The van der Waals surface area contributed by atoms with Gasteiger partial charge in [0.2, 0.25) is 0 Å². The molecule has 0 saturated carbocycles. The topological polar surface area (TPSA) is 68.3 Å². The molecule has 1 N–H and O–H groups in total. The van der Waals surface area contributed by atoms with Crippen LogP contribution >= 0.6 is 11.3 Å². The molecule has 1 atom stereocenters. The third kappa shape index (κ3) is 5.26. The number of hydrogen-bond acceptors (Lipinski definition) is 5. The number of nitrogens with zero attached hydrogens (tertiary/aromatic N) is 1. The molecular formula is C22H21FN2O3S. The highest BCUT2D eigenvalue weighted by molar-refractivity contribution is 7.13. The molecule has 3 rings (SSSR count). The molecule has 5 nitrogen and oxygen atoms in total. The van der Waals surface area contributed by atoms with Crippen molar-refractivity contribution in [2.24, 2.45) is 0 Å². The lowest BCUT2D eigenvalue weighted by atomic mass is 9.97. The molecule has 1 heterocycles. The van der Waals surface area contributed by atoms with E-state index in [2.05, 4.69) is 24.1 Å². The molecule has 29 heavy (non-hydrogen) atoms. The SMILES string of the molecule is CC[C@@H](C)c1ccccc1NC(=O)COC(=O)c1csc(-c2ccc(F)cc2)n1. The van der Waals surface area contributed by atoms with Gasteiger partial charge in [0.1, 0.15) is 10.8 Å². The summed E-state index contributed by atoms with van der Waals surface area (Å²) in [4.78, 5) is 28.6. The number of esters is 1. The van der Waals surface area contributed by atoms with E-state index < -0.39 is 18.5 Å². The van der Waals surface area contributed by atoms with Crippen molar-refractivity contribution in [2.45, 2.75) is 26.2 Å². The van der Waals surface area contributed by atoms with Gasteiger partial charge in [0, 0.05) is 16.6 Å². The lowest BCUT2D eigenvalue weighted by molar-refractivity contribution is -0.119. The van der Waals surface area contributed by atoms with Gasteiger partial charge < -0.3 is 10.1 Å². The van der Waals surface area contributed by atoms with Crippen molar-refractivity contribution in [3.8, 4) is 10.6 Å². The minimum atomic E-state index is -0.681. The maximum absolute atomic E-state index is 13.0. The number of aromatic nitrogens is 1. The van der Waals surface area contributed by atoms with Crippen LogP contribution in [0.2, 0.25) is 0 Å². The van der Waals surface area contributed by atoms with E-state index in [4.69, 9.17) is 4.74 Å². The molecule has 0 unspecified atom stereocenters. The van der Waals surface area contributed by atoms with Gasteiger partial charge in [-0.15, -0.1) is 11.3 Å². The van der Waals surface area contributed by atoms with Gasteiger partial charge in [-0.05, 0) is 48.2 Å². The molecule has 0 spiro atoms. The molecule has 0 saturated heterocycles. The predicted molar refractivity (Wildman–Crippen MR) is 112 cm³/mol. The molecule has 3 aromatic rings. The maximum atomic E-state index is 13.0. The number of amides is 1. The van der Waals surface area contributed by atoms with Crippen molar-refractivity contribution < 1.29 is 18.7 Å². The Morgan fingerprint density at radius 3 is 2.62 bits per heavy atom. The first-order chi connectivity index (χ1) is 14.0. The molecule has 0 aliphatic carbocycles. The third-order valence-corrected chi connectivity index (χ3v) is 5.41. The van der Waals surface area contributed by atoms with E-state index in [1.54, 1.807) is 17.5 Å². The van der Waals surface area contributed by atoms with Crippen LogP contribution in [0.25, 0.3) is 10.6 Å². The van der Waals surface area contributed by atoms with E-state index in [1.165, 1.54) is 23.5 Å². The number of ether oxygens (including phenoxy) is 1. The van der Waals surface area contributed by atoms with Gasteiger partial charge in [0.05, 0.1) is 0 Å². The summed E-state index contributed by atoms with van der Waals surface area (Å²) >= 11 is 1.25. The zero-order valence-electron chi connectivity index (χ0n) is 16.1. The Morgan fingerprint density at radius 2 is 1.90 bits per heavy atom. The second-order valence-corrected chi connectivity index (χ2v) is 7.42. The minimum absolute atomic E-state index is 0.113. The largest absolute Gasteiger partial charge is 0.451 e. The number of hydrogen-bond donors (Lipinski definition) is 1. The van der Waals surface area contributed by atoms with Crippen LogP contribution in [0.5, 0.6) is 0 Å². The average Bonchev–Trinajstić information content (AvgIpc) is 3.23. The average molecular weight is 412 g/mol. The van der Waals surface area contributed by atoms with Gasteiger partial charge >= 0.3 is 5.97 Å². The number of thiazole rings is 1. The highest BCUT2D eigenvalue weighted by Gasteiger charge is 2.16. The molecule has 0 bridgehead atoms. The van der Waals surface area contributed by atoms with Crippen LogP contribution in [-0.2, 0) is 9.53 Å². The van der Waals surface area contributed by atoms with Crippen LogP contribution < -0.4 is 5.32 Å². The number of nitrogens with one attached hydrogen (secondary N) is 1. The van der Waals surface area contributed by atoms with Gasteiger partial charge in [-0.3, -0.25) is 4.79 Å². The van der Waals surface area contributed by atoms with Crippen LogP contribution in [0.1, 0.15) is 42.2 Å². The van der Waals surface area contributed by atoms with E-state index >= 15 is 0 Å². The molecule has 0 radical (unpaired) electrons. The Hall–Kier alpha value is -3.06. The van der Waals surface area contributed by atoms with E-state index in [1.807, 2.05) is 24.3 Å². The molecule has 0 aliphatic heterocycles. The normalized spacial score (nSPS) is 11.7. The van der Waals surface area contributed by atoms with Crippen LogP contribution in [0.3, 0.4) is 0 Å². The standard InChI is InChI=1S/C22H21FN2O3S/c1-3-14(2)17-6-4-5-7-18(17)24-20(26)12-28-22(27)19-13-29-21(25-19)15-8-10-16(23)11-9-15/h4-11,13-14H,3,12H2,1-2H3,(H,24,26)/t14-/m1/s1. The van der Waals surface area contributed by atoms with Crippen molar-refractivity contribution in [3.05, 3.63) is 71.0 Å². The van der Waals surface area contributed by atoms with Gasteiger partial charge in [-0.1, -0.05) is 32.0 Å². The quantitative estimate of drug-likeness (QED) is 0.538. The van der Waals surface area contributed by atoms with Crippen LogP contribution in [-0.4, -0.2) is 23.5 Å². The zero-order valence-corrected chi connectivity index (χ0v) is 17.0. The number of rotatable bonds is 7. The Morgan fingerprint density at radius 1 is 1.17 bits per heavy atom. The molecule has 0 fully saturated rings. The Balaban J connectivity index is 1.59. The number of carbonyl (C=O) groups excluding carboxylic acids is 2. The maximum Gasteiger partial charge on any atom is 0.358 e. The predicted octanol–water partition coefficient (Wildman–Crippen LogP) is 5.26. The fraction of sp³-hybridized carbons (Fsp3) is 0.227. The number of anilines is 1. The van der Waals surface area contributed by atoms with Gasteiger partial charge in [0.25, 0.3) is 5.91 Å². The highest BCUT2D eigenvalue weighted by Crippen LogP contribution is 2.27. The van der Waals surface area contributed by atoms with E-state index in [9.17, 15) is 14.0 Å². The summed E-state index contributed by atoms with van der Waals surface area (Å²) in [5.41, 5.74) is 2.57. The summed E-state index contributed by atoms with van der Waals surface area (Å²) in [6, 6.07) is 13.4. The zero-order chi connectivity index (χ0) is 20.8. The van der Waals surface area contributed by atoms with E-state index in [-0.39, 0.29) is 11.5 Å². The molecule has 7 heteroatoms. The lowest BCUT2D eigenvalue weighted by Gasteiger charge is -2.15. The van der Waals surface area contributed by atoms with Crippen LogP contribution in [0.15, 0.2) is 53.9 Å². The van der Waals surface area contributed by atoms with Crippen LogP contribution in [0.4, 0.5) is 10.1 Å². The Bertz CT molecular complexity index is 1000. The second kappa shape index (κ2) is 9.43. The van der Waals surface area contributed by atoms with Crippen molar-refractivity contribution in [3.63, 3.8) is 0 Å². The van der Waals surface area contributed by atoms with Gasteiger partial charge in [-0.25, -0.2) is 14.2 Å². The summed E-state index contributed by atoms with van der Waals surface area (Å²) in [6.07, 6.45) is 0.947. The number of para-hydroxylation sites is 1. The molecule has 0 aliphatic rings. The summed E-state index contributed by atoms with van der Waals surface area (Å²) in [5.74, 6) is -1.14. The Labute approximate surface area is 172 Å². The summed E-state index contributed by atoms with van der Waals surface area (Å²) < 4.78 is 18.1. The van der Waals surface area contributed by atoms with Crippen molar-refractivity contribution in [1.82, 2.24) is 4.98 Å². The molecule has 1 aromatic heterocycles. The number of halogens is 1. The van der Waals surface area contributed by atoms with Crippen molar-refractivity contribution in [2.75, 3.05) is 11.9 Å². The number of carbonyl (C=O) groups is 2. The first kappa shape index (κ1) is 20.7. The van der Waals surface area contributed by atoms with E-state index in [0.29, 0.717) is 16.5 Å². The van der Waals surface area contributed by atoms with Crippen molar-refractivity contribution in [1.29, 1.82) is 0 Å². The molecule has 150 valence electrons. The van der Waals surface area contributed by atoms with Gasteiger partial charge in [-0.2, -0.15) is 0 Å². The highest BCUT2D eigenvalue weighted by atomic mass is 32.1. The summed E-state index contributed by atoms with van der Waals surface area (Å²) in [7, 11) is 0. The van der Waals surface area contributed by atoms with Crippen molar-refractivity contribution >= 4 is 28.9 Å². The third-order valence-electron chi connectivity index (χ3n) is 4.52. The molecule has 2 aromatic carbocycles. The summed E-state index contributed by atoms with van der Waals surface area (Å²) in [5, 5.41) is 4.93. The first-order valence-electron chi connectivity index (χ1n) is 9.25. The number of benzene rings is 2. The smallest absolute Gasteiger partial charge is 0.358 e. The Kier molecular flexibility index (Phi) is 6.72. The fourth-order valence-electron chi connectivity index (χ4n) is 2.74. The molecular weight excluding hydrogens is 391 g/mol.